The number of nitrogens with zero attached hydrogens (tertiary/aromatic N) is 2. The summed E-state index contributed by atoms with van der Waals surface area (Å²) in [5.41, 5.74) is 1.33. The molecule has 1 amide bonds. The Morgan fingerprint density at radius 3 is 3.04 bits per heavy atom. The van der Waals surface area contributed by atoms with Gasteiger partial charge >= 0.3 is 0 Å². The van der Waals surface area contributed by atoms with Gasteiger partial charge in [0, 0.05) is 25.9 Å². The first kappa shape index (κ1) is 16.6. The summed E-state index contributed by atoms with van der Waals surface area (Å²) in [5.74, 6) is 1.64. The van der Waals surface area contributed by atoms with Crippen LogP contribution in [0.1, 0.15) is 28.9 Å². The Kier molecular flexibility index (Phi) is 4.83. The molecule has 2 aliphatic heterocycles. The zero-order chi connectivity index (χ0) is 17.8. The average Bonchev–Trinajstić information content (AvgIpc) is 3.35. The molecule has 1 aromatic carbocycles. The first-order valence-electron chi connectivity index (χ1n) is 8.63. The van der Waals surface area contributed by atoms with E-state index in [1.54, 1.807) is 12.3 Å². The summed E-state index contributed by atoms with van der Waals surface area (Å²) in [6, 6.07) is 7.32. The van der Waals surface area contributed by atoms with Gasteiger partial charge in [0.15, 0.2) is 11.5 Å². The van der Waals surface area contributed by atoms with Crippen LogP contribution in [-0.4, -0.2) is 41.9 Å². The summed E-state index contributed by atoms with van der Waals surface area (Å²) in [6.07, 6.45) is 3.69. The van der Waals surface area contributed by atoms with E-state index < -0.39 is 0 Å². The maximum atomic E-state index is 12.2. The molecule has 2 aliphatic rings. The molecule has 1 aromatic heterocycles. The van der Waals surface area contributed by atoms with Gasteiger partial charge in [0.25, 0.3) is 5.91 Å². The van der Waals surface area contributed by atoms with E-state index in [4.69, 9.17) is 14.2 Å². The third-order valence-corrected chi connectivity index (χ3v) is 4.29. The van der Waals surface area contributed by atoms with Crippen molar-refractivity contribution in [2.24, 2.45) is 0 Å². The molecule has 136 valence electrons. The molecule has 3 heterocycles. The molecule has 4 rings (SSSR count). The van der Waals surface area contributed by atoms with Crippen molar-refractivity contribution in [1.29, 1.82) is 0 Å². The molecule has 0 spiro atoms. The quantitative estimate of drug-likeness (QED) is 0.814. The fourth-order valence-electron chi connectivity index (χ4n) is 2.90. The summed E-state index contributed by atoms with van der Waals surface area (Å²) in [7, 11) is 0. The normalized spacial score (nSPS) is 17.9. The number of hydrogen-bond donors (Lipinski definition) is 2. The number of carbonyl (C=O) groups is 1. The lowest BCUT2D eigenvalue weighted by molar-refractivity contribution is 0.0853. The molecular formula is C18H20N4O4. The third-order valence-electron chi connectivity index (χ3n) is 4.29. The van der Waals surface area contributed by atoms with Crippen molar-refractivity contribution in [3.05, 3.63) is 41.7 Å². The van der Waals surface area contributed by atoms with Crippen LogP contribution in [0.3, 0.4) is 0 Å². The summed E-state index contributed by atoms with van der Waals surface area (Å²) < 4.78 is 16.2. The Morgan fingerprint density at radius 2 is 2.15 bits per heavy atom. The highest BCUT2D eigenvalue weighted by Crippen LogP contribution is 2.32. The highest BCUT2D eigenvalue weighted by molar-refractivity contribution is 5.92. The predicted octanol–water partition coefficient (Wildman–Crippen LogP) is 1.73. The van der Waals surface area contributed by atoms with Crippen molar-refractivity contribution in [3.63, 3.8) is 0 Å². The summed E-state index contributed by atoms with van der Waals surface area (Å²) in [5, 5.41) is 5.98. The highest BCUT2D eigenvalue weighted by atomic mass is 16.7. The minimum atomic E-state index is -0.228. The number of hydrogen-bond acceptors (Lipinski definition) is 7. The lowest BCUT2D eigenvalue weighted by atomic mass is 10.2. The van der Waals surface area contributed by atoms with Crippen LogP contribution in [0.5, 0.6) is 11.5 Å². The second-order valence-corrected chi connectivity index (χ2v) is 6.15. The monoisotopic (exact) mass is 356 g/mol. The summed E-state index contributed by atoms with van der Waals surface area (Å²) in [6.45, 7) is 2.03. The third kappa shape index (κ3) is 3.85. The molecule has 8 nitrogen and oxygen atoms in total. The number of rotatable bonds is 6. The minimum absolute atomic E-state index is 0.101. The van der Waals surface area contributed by atoms with Gasteiger partial charge in [-0.15, -0.1) is 0 Å². The number of ether oxygens (including phenoxy) is 3. The average molecular weight is 356 g/mol. The Bertz CT molecular complexity index is 793. The van der Waals surface area contributed by atoms with E-state index in [1.807, 2.05) is 18.2 Å². The number of carbonyl (C=O) groups excluding carboxylic acids is 1. The first-order chi connectivity index (χ1) is 12.8. The van der Waals surface area contributed by atoms with Crippen LogP contribution < -0.4 is 20.1 Å². The maximum Gasteiger partial charge on any atom is 0.270 e. The molecule has 2 aromatic rings. The molecule has 0 saturated carbocycles. The molecule has 1 atom stereocenters. The van der Waals surface area contributed by atoms with Gasteiger partial charge in [0.1, 0.15) is 5.69 Å². The SMILES string of the molecule is O=C(NCC1CCCO1)c1ccnc(NCc2ccc3c(c2)OCO3)n1. The fourth-order valence-corrected chi connectivity index (χ4v) is 2.90. The predicted molar refractivity (Wildman–Crippen MR) is 93.2 cm³/mol. The summed E-state index contributed by atoms with van der Waals surface area (Å²) >= 11 is 0. The zero-order valence-electron chi connectivity index (χ0n) is 14.2. The van der Waals surface area contributed by atoms with Gasteiger partial charge in [0.2, 0.25) is 12.7 Å². The van der Waals surface area contributed by atoms with Gasteiger partial charge in [-0.25, -0.2) is 9.97 Å². The summed E-state index contributed by atoms with van der Waals surface area (Å²) in [4.78, 5) is 20.7. The van der Waals surface area contributed by atoms with E-state index in [0.29, 0.717) is 24.7 Å². The first-order valence-corrected chi connectivity index (χ1v) is 8.63. The largest absolute Gasteiger partial charge is 0.454 e. The number of amides is 1. The standard InChI is InChI=1S/C18H20N4O4/c23-17(20-10-13-2-1-7-24-13)14-5-6-19-18(22-14)21-9-12-3-4-15-16(8-12)26-11-25-15/h3-6,8,13H,1-2,7,9-11H2,(H,20,23)(H,19,21,22). The molecule has 1 fully saturated rings. The smallest absolute Gasteiger partial charge is 0.270 e. The van der Waals surface area contributed by atoms with Crippen molar-refractivity contribution in [2.75, 3.05) is 25.3 Å². The molecule has 2 N–H and O–H groups in total. The molecule has 0 radical (unpaired) electrons. The van der Waals surface area contributed by atoms with Crippen LogP contribution in [-0.2, 0) is 11.3 Å². The Labute approximate surface area is 150 Å². The molecule has 0 aliphatic carbocycles. The maximum absolute atomic E-state index is 12.2. The van der Waals surface area contributed by atoms with Crippen molar-refractivity contribution in [3.8, 4) is 11.5 Å². The van der Waals surface area contributed by atoms with Gasteiger partial charge in [-0.2, -0.15) is 0 Å². The van der Waals surface area contributed by atoms with Crippen molar-refractivity contribution in [1.82, 2.24) is 15.3 Å². The zero-order valence-corrected chi connectivity index (χ0v) is 14.2. The molecule has 0 bridgehead atoms. The highest BCUT2D eigenvalue weighted by Gasteiger charge is 2.17. The van der Waals surface area contributed by atoms with Crippen LogP contribution >= 0.6 is 0 Å². The van der Waals surface area contributed by atoms with E-state index in [1.165, 1.54) is 0 Å². The van der Waals surface area contributed by atoms with Crippen LogP contribution in [0.25, 0.3) is 0 Å². The molecule has 1 unspecified atom stereocenters. The van der Waals surface area contributed by atoms with Gasteiger partial charge in [-0.05, 0) is 36.6 Å². The second kappa shape index (κ2) is 7.57. The van der Waals surface area contributed by atoms with Crippen molar-refractivity contribution in [2.45, 2.75) is 25.5 Å². The van der Waals surface area contributed by atoms with E-state index in [2.05, 4.69) is 20.6 Å². The van der Waals surface area contributed by atoms with Crippen LogP contribution in [0.2, 0.25) is 0 Å². The molecular weight excluding hydrogens is 336 g/mol. The molecule has 26 heavy (non-hydrogen) atoms. The van der Waals surface area contributed by atoms with Gasteiger partial charge in [-0.1, -0.05) is 6.07 Å². The van der Waals surface area contributed by atoms with Crippen LogP contribution in [0.15, 0.2) is 30.5 Å². The topological polar surface area (TPSA) is 94.6 Å². The number of nitrogens with one attached hydrogen (secondary N) is 2. The van der Waals surface area contributed by atoms with E-state index in [-0.39, 0.29) is 18.8 Å². The number of benzene rings is 1. The van der Waals surface area contributed by atoms with E-state index >= 15 is 0 Å². The number of anilines is 1. The van der Waals surface area contributed by atoms with E-state index in [9.17, 15) is 4.79 Å². The minimum Gasteiger partial charge on any atom is -0.454 e. The second-order valence-electron chi connectivity index (χ2n) is 6.15. The molecule has 8 heteroatoms. The fraction of sp³-hybridized carbons (Fsp3) is 0.389. The Balaban J connectivity index is 1.34. The van der Waals surface area contributed by atoms with E-state index in [0.717, 1.165) is 36.5 Å². The van der Waals surface area contributed by atoms with Crippen LogP contribution in [0.4, 0.5) is 5.95 Å². The molecule has 1 saturated heterocycles. The van der Waals surface area contributed by atoms with Gasteiger partial charge in [0.05, 0.1) is 6.10 Å². The lowest BCUT2D eigenvalue weighted by Crippen LogP contribution is -2.32. The van der Waals surface area contributed by atoms with Crippen LogP contribution in [0, 0.1) is 0 Å². The number of aromatic nitrogens is 2. The van der Waals surface area contributed by atoms with Crippen molar-refractivity contribution >= 4 is 11.9 Å². The Morgan fingerprint density at radius 1 is 1.23 bits per heavy atom. The van der Waals surface area contributed by atoms with Gasteiger partial charge in [-0.3, -0.25) is 4.79 Å². The Hall–Kier alpha value is -2.87. The lowest BCUT2D eigenvalue weighted by Gasteiger charge is -2.11. The van der Waals surface area contributed by atoms with Gasteiger partial charge < -0.3 is 24.8 Å². The number of fused-ring (bicyclic) bond motifs is 1. The van der Waals surface area contributed by atoms with Crippen molar-refractivity contribution < 1.29 is 19.0 Å².